The molecule has 0 atom stereocenters. The van der Waals surface area contributed by atoms with E-state index >= 15 is 0 Å². The zero-order valence-corrected chi connectivity index (χ0v) is 19.0. The van der Waals surface area contributed by atoms with Crippen LogP contribution in [0.25, 0.3) is 0 Å². The van der Waals surface area contributed by atoms with Crippen molar-refractivity contribution in [3.63, 3.8) is 0 Å². The Labute approximate surface area is 189 Å². The number of hydrogen-bond donors (Lipinski definition) is 0. The van der Waals surface area contributed by atoms with Gasteiger partial charge in [0.2, 0.25) is 5.91 Å². The highest BCUT2D eigenvalue weighted by molar-refractivity contribution is 7.92. The summed E-state index contributed by atoms with van der Waals surface area (Å²) in [6, 6.07) is 21.1. The number of benzene rings is 3. The normalized spacial score (nSPS) is 13.4. The summed E-state index contributed by atoms with van der Waals surface area (Å²) < 4.78 is 33.7. The number of sulfonamides is 1. The van der Waals surface area contributed by atoms with Crippen LogP contribution in [0.1, 0.15) is 17.5 Å². The van der Waals surface area contributed by atoms with Crippen molar-refractivity contribution in [2.75, 3.05) is 29.4 Å². The zero-order chi connectivity index (χ0) is 22.7. The molecule has 3 aromatic carbocycles. The topological polar surface area (TPSA) is 66.9 Å². The van der Waals surface area contributed by atoms with E-state index in [0.29, 0.717) is 12.2 Å². The van der Waals surface area contributed by atoms with E-state index in [1.165, 1.54) is 4.31 Å². The third-order valence-corrected chi connectivity index (χ3v) is 7.47. The summed E-state index contributed by atoms with van der Waals surface area (Å²) >= 11 is 0. The Morgan fingerprint density at radius 2 is 1.75 bits per heavy atom. The second kappa shape index (κ2) is 9.04. The van der Waals surface area contributed by atoms with Crippen LogP contribution < -0.4 is 13.9 Å². The van der Waals surface area contributed by atoms with Crippen molar-refractivity contribution in [3.8, 4) is 5.75 Å². The van der Waals surface area contributed by atoms with Crippen LogP contribution in [0.15, 0.2) is 77.7 Å². The van der Waals surface area contributed by atoms with Crippen molar-refractivity contribution in [1.29, 1.82) is 0 Å². The molecule has 1 heterocycles. The number of ether oxygens (including phenoxy) is 1. The van der Waals surface area contributed by atoms with Crippen LogP contribution in [0.4, 0.5) is 11.4 Å². The smallest absolute Gasteiger partial charge is 0.264 e. The maximum atomic E-state index is 13.6. The van der Waals surface area contributed by atoms with Gasteiger partial charge in [-0.25, -0.2) is 8.42 Å². The fraction of sp³-hybridized carbons (Fsp3) is 0.240. The number of anilines is 2. The third-order valence-electron chi connectivity index (χ3n) is 5.70. The van der Waals surface area contributed by atoms with Gasteiger partial charge in [0.25, 0.3) is 10.0 Å². The Bertz CT molecular complexity index is 1230. The lowest BCUT2D eigenvalue weighted by molar-refractivity contribution is -0.117. The van der Waals surface area contributed by atoms with E-state index in [-0.39, 0.29) is 17.3 Å². The molecule has 7 heteroatoms. The van der Waals surface area contributed by atoms with Crippen LogP contribution in [0.5, 0.6) is 5.75 Å². The summed E-state index contributed by atoms with van der Waals surface area (Å²) in [4.78, 5) is 15.3. The van der Waals surface area contributed by atoms with Gasteiger partial charge in [-0.1, -0.05) is 36.4 Å². The van der Waals surface area contributed by atoms with Gasteiger partial charge in [-0.15, -0.1) is 0 Å². The highest BCUT2D eigenvalue weighted by Crippen LogP contribution is 2.32. The molecule has 3 aromatic rings. The predicted octanol–water partition coefficient (Wildman–Crippen LogP) is 4.18. The molecule has 0 spiro atoms. The first-order valence-electron chi connectivity index (χ1n) is 10.5. The summed E-state index contributed by atoms with van der Waals surface area (Å²) in [6.07, 6.45) is 1.65. The first-order valence-corrected chi connectivity index (χ1v) is 12.0. The molecule has 0 aliphatic carbocycles. The Morgan fingerprint density at radius 1 is 1.03 bits per heavy atom. The van der Waals surface area contributed by atoms with Crippen molar-refractivity contribution < 1.29 is 17.9 Å². The lowest BCUT2D eigenvalue weighted by Crippen LogP contribution is -2.45. The van der Waals surface area contributed by atoms with Gasteiger partial charge in [0.15, 0.2) is 0 Å². The number of carbonyl (C=O) groups is 1. The number of methoxy groups -OCH3 is 1. The summed E-state index contributed by atoms with van der Waals surface area (Å²) in [5, 5.41) is 0. The minimum absolute atomic E-state index is 0.153. The van der Waals surface area contributed by atoms with E-state index in [2.05, 4.69) is 0 Å². The number of amides is 1. The van der Waals surface area contributed by atoms with E-state index in [4.69, 9.17) is 4.74 Å². The van der Waals surface area contributed by atoms with Gasteiger partial charge >= 0.3 is 0 Å². The number of nitrogens with zero attached hydrogens (tertiary/aromatic N) is 2. The summed E-state index contributed by atoms with van der Waals surface area (Å²) in [5.74, 6) is 0.477. The van der Waals surface area contributed by atoms with Gasteiger partial charge in [0.05, 0.1) is 17.7 Å². The van der Waals surface area contributed by atoms with Gasteiger partial charge in [-0.3, -0.25) is 9.10 Å². The lowest BCUT2D eigenvalue weighted by Gasteiger charge is -2.32. The van der Waals surface area contributed by atoms with E-state index < -0.39 is 10.0 Å². The van der Waals surface area contributed by atoms with Crippen LogP contribution in [-0.2, 0) is 21.2 Å². The minimum Gasteiger partial charge on any atom is -0.497 e. The maximum Gasteiger partial charge on any atom is 0.264 e. The van der Waals surface area contributed by atoms with Crippen molar-refractivity contribution in [2.24, 2.45) is 0 Å². The maximum absolute atomic E-state index is 13.6. The molecule has 6 nitrogen and oxygen atoms in total. The van der Waals surface area contributed by atoms with E-state index in [9.17, 15) is 13.2 Å². The molecular formula is C25H26N2O4S. The van der Waals surface area contributed by atoms with Gasteiger partial charge < -0.3 is 9.64 Å². The van der Waals surface area contributed by atoms with Crippen LogP contribution >= 0.6 is 0 Å². The van der Waals surface area contributed by atoms with Crippen molar-refractivity contribution >= 4 is 27.3 Å². The lowest BCUT2D eigenvalue weighted by atomic mass is 10.0. The quantitative estimate of drug-likeness (QED) is 0.565. The van der Waals surface area contributed by atoms with Gasteiger partial charge in [0, 0.05) is 12.2 Å². The van der Waals surface area contributed by atoms with Crippen molar-refractivity contribution in [1.82, 2.24) is 0 Å². The second-order valence-corrected chi connectivity index (χ2v) is 9.62. The average molecular weight is 451 g/mol. The number of hydrogen-bond acceptors (Lipinski definition) is 4. The third kappa shape index (κ3) is 4.21. The molecule has 32 heavy (non-hydrogen) atoms. The number of carbonyl (C=O) groups excluding carboxylic acids is 1. The molecule has 0 unspecified atom stereocenters. The van der Waals surface area contributed by atoms with Gasteiger partial charge in [-0.05, 0) is 67.3 Å². The van der Waals surface area contributed by atoms with E-state index in [1.807, 2.05) is 37.3 Å². The number of rotatable bonds is 6. The minimum atomic E-state index is -3.93. The molecule has 1 amide bonds. The molecular weight excluding hydrogens is 424 g/mol. The summed E-state index contributed by atoms with van der Waals surface area (Å²) in [5.41, 5.74) is 3.11. The summed E-state index contributed by atoms with van der Waals surface area (Å²) in [6.45, 7) is 2.11. The number of aryl methyl sites for hydroxylation is 2. The molecule has 0 aromatic heterocycles. The SMILES string of the molecule is COc1ccc2c(c1)CCCN2C(=O)CN(c1ccccc1C)S(=O)(=O)c1ccccc1. The summed E-state index contributed by atoms with van der Waals surface area (Å²) in [7, 11) is -2.32. The first kappa shape index (κ1) is 21.9. The zero-order valence-electron chi connectivity index (χ0n) is 18.2. The Morgan fingerprint density at radius 3 is 2.47 bits per heavy atom. The Balaban J connectivity index is 1.72. The van der Waals surface area contributed by atoms with Crippen molar-refractivity contribution in [2.45, 2.75) is 24.7 Å². The fourth-order valence-corrected chi connectivity index (χ4v) is 5.53. The molecule has 0 radical (unpaired) electrons. The highest BCUT2D eigenvalue weighted by atomic mass is 32.2. The molecule has 0 bridgehead atoms. The molecule has 0 saturated carbocycles. The predicted molar refractivity (Wildman–Crippen MR) is 126 cm³/mol. The molecule has 0 saturated heterocycles. The van der Waals surface area contributed by atoms with Gasteiger partial charge in [0.1, 0.15) is 12.3 Å². The van der Waals surface area contributed by atoms with E-state index in [0.717, 1.165) is 35.4 Å². The van der Waals surface area contributed by atoms with E-state index in [1.54, 1.807) is 54.5 Å². The van der Waals surface area contributed by atoms with Crippen LogP contribution in [0, 0.1) is 6.92 Å². The highest BCUT2D eigenvalue weighted by Gasteiger charge is 2.31. The molecule has 1 aliphatic heterocycles. The molecule has 4 rings (SSSR count). The van der Waals surface area contributed by atoms with Crippen molar-refractivity contribution in [3.05, 3.63) is 83.9 Å². The first-order chi connectivity index (χ1) is 15.4. The number of para-hydroxylation sites is 1. The van der Waals surface area contributed by atoms with Crippen LogP contribution in [0.3, 0.4) is 0 Å². The van der Waals surface area contributed by atoms with Crippen LogP contribution in [-0.4, -0.2) is 34.5 Å². The Hall–Kier alpha value is -3.32. The largest absolute Gasteiger partial charge is 0.497 e. The number of fused-ring (bicyclic) bond motifs is 1. The fourth-order valence-electron chi connectivity index (χ4n) is 4.03. The molecule has 0 N–H and O–H groups in total. The molecule has 1 aliphatic rings. The molecule has 166 valence electrons. The standard InChI is InChI=1S/C25H26N2O4S/c1-19-9-6-7-13-23(19)27(32(29,30)22-11-4-3-5-12-22)18-25(28)26-16-8-10-20-17-21(31-2)14-15-24(20)26/h3-7,9,11-15,17H,8,10,16,18H2,1-2H3. The second-order valence-electron chi connectivity index (χ2n) is 7.75. The monoisotopic (exact) mass is 450 g/mol. The average Bonchev–Trinajstić information content (AvgIpc) is 2.82. The molecule has 0 fully saturated rings. The Kier molecular flexibility index (Phi) is 6.19. The van der Waals surface area contributed by atoms with Crippen LogP contribution in [0.2, 0.25) is 0 Å². The van der Waals surface area contributed by atoms with Gasteiger partial charge in [-0.2, -0.15) is 0 Å².